The van der Waals surface area contributed by atoms with Crippen LogP contribution >= 0.6 is 11.3 Å². The Bertz CT molecular complexity index is 1320. The van der Waals surface area contributed by atoms with Gasteiger partial charge in [-0.2, -0.15) is 0 Å². The van der Waals surface area contributed by atoms with E-state index in [0.29, 0.717) is 28.4 Å². The van der Waals surface area contributed by atoms with Crippen molar-refractivity contribution >= 4 is 49.8 Å². The average molecular weight is 515 g/mol. The second-order valence-corrected chi connectivity index (χ2v) is 10.5. The summed E-state index contributed by atoms with van der Waals surface area (Å²) in [5.41, 5.74) is 2.20. The molecular formula is C24H26N4O5S2. The highest BCUT2D eigenvalue weighted by Gasteiger charge is 2.19. The Hall–Kier alpha value is -3.70. The number of rotatable bonds is 10. The van der Waals surface area contributed by atoms with E-state index in [1.807, 2.05) is 37.3 Å². The lowest BCUT2D eigenvalue weighted by Crippen LogP contribution is -2.34. The summed E-state index contributed by atoms with van der Waals surface area (Å²) < 4.78 is 25.1. The maximum Gasteiger partial charge on any atom is 0.254 e. The number of carbonyl (C=O) groups is 3. The second-order valence-electron chi connectivity index (χ2n) is 7.66. The van der Waals surface area contributed by atoms with Crippen molar-refractivity contribution in [1.29, 1.82) is 0 Å². The lowest BCUT2D eigenvalue weighted by Gasteiger charge is -2.09. The summed E-state index contributed by atoms with van der Waals surface area (Å²) in [6, 6.07) is 17.7. The van der Waals surface area contributed by atoms with Crippen molar-refractivity contribution in [2.45, 2.75) is 13.3 Å². The molecule has 2 aromatic carbocycles. The van der Waals surface area contributed by atoms with Gasteiger partial charge in [0.25, 0.3) is 5.91 Å². The molecule has 0 saturated carbocycles. The number of hydrogen-bond donors (Lipinski definition) is 4. The Balaban J connectivity index is 1.63. The molecule has 3 rings (SSSR count). The molecule has 35 heavy (non-hydrogen) atoms. The van der Waals surface area contributed by atoms with Crippen LogP contribution < -0.4 is 20.7 Å². The van der Waals surface area contributed by atoms with E-state index in [1.165, 1.54) is 11.3 Å². The van der Waals surface area contributed by atoms with Crippen molar-refractivity contribution < 1.29 is 22.8 Å². The van der Waals surface area contributed by atoms with Gasteiger partial charge in [-0.1, -0.05) is 42.5 Å². The number of sulfonamides is 1. The predicted molar refractivity (Wildman–Crippen MR) is 138 cm³/mol. The van der Waals surface area contributed by atoms with Crippen LogP contribution in [-0.4, -0.2) is 45.5 Å². The third kappa shape index (κ3) is 7.94. The lowest BCUT2D eigenvalue weighted by atomic mass is 10.1. The fraction of sp³-hybridized carbons (Fsp3) is 0.208. The summed E-state index contributed by atoms with van der Waals surface area (Å²) in [6.07, 6.45) is 1.01. The van der Waals surface area contributed by atoms with Crippen molar-refractivity contribution in [1.82, 2.24) is 10.6 Å². The molecular weight excluding hydrogens is 488 g/mol. The Morgan fingerprint density at radius 2 is 1.66 bits per heavy atom. The highest BCUT2D eigenvalue weighted by molar-refractivity contribution is 7.92. The van der Waals surface area contributed by atoms with E-state index in [-0.39, 0.29) is 18.9 Å². The molecule has 4 N–H and O–H groups in total. The third-order valence-electron chi connectivity index (χ3n) is 4.67. The number of nitrogens with one attached hydrogen (secondary N) is 4. The first kappa shape index (κ1) is 25.9. The fourth-order valence-electron chi connectivity index (χ4n) is 3.21. The van der Waals surface area contributed by atoms with Crippen molar-refractivity contribution in [3.8, 4) is 10.4 Å². The van der Waals surface area contributed by atoms with Crippen LogP contribution in [0.25, 0.3) is 10.4 Å². The van der Waals surface area contributed by atoms with E-state index in [4.69, 9.17) is 0 Å². The normalized spacial score (nSPS) is 10.9. The molecule has 11 heteroatoms. The molecule has 0 bridgehead atoms. The largest absolute Gasteiger partial charge is 0.352 e. The molecule has 1 heterocycles. The zero-order valence-electron chi connectivity index (χ0n) is 19.3. The van der Waals surface area contributed by atoms with Gasteiger partial charge < -0.3 is 16.0 Å². The zero-order chi connectivity index (χ0) is 25.4. The van der Waals surface area contributed by atoms with Crippen LogP contribution in [0.15, 0.2) is 60.7 Å². The average Bonchev–Trinajstić information content (AvgIpc) is 3.21. The Labute approximate surface area is 208 Å². The predicted octanol–water partition coefficient (Wildman–Crippen LogP) is 2.83. The molecule has 0 spiro atoms. The van der Waals surface area contributed by atoms with Gasteiger partial charge in [-0.25, -0.2) is 8.42 Å². The molecule has 0 fully saturated rings. The number of anilines is 2. The summed E-state index contributed by atoms with van der Waals surface area (Å²) in [5.74, 6) is -1.18. The summed E-state index contributed by atoms with van der Waals surface area (Å²) in [4.78, 5) is 38.2. The second kappa shape index (κ2) is 11.6. The summed E-state index contributed by atoms with van der Waals surface area (Å²) in [6.45, 7) is 1.97. The lowest BCUT2D eigenvalue weighted by molar-refractivity contribution is -0.123. The summed E-state index contributed by atoms with van der Waals surface area (Å²) in [7, 11) is -3.43. The molecule has 9 nitrogen and oxygen atoms in total. The molecule has 0 unspecified atom stereocenters. The number of hydrogen-bond acceptors (Lipinski definition) is 6. The van der Waals surface area contributed by atoms with Crippen LogP contribution in [-0.2, 0) is 26.0 Å². The Morgan fingerprint density at radius 1 is 0.914 bits per heavy atom. The number of benzene rings is 2. The first-order valence-corrected chi connectivity index (χ1v) is 13.5. The van der Waals surface area contributed by atoms with E-state index < -0.39 is 21.8 Å². The quantitative estimate of drug-likeness (QED) is 0.330. The van der Waals surface area contributed by atoms with E-state index in [2.05, 4.69) is 20.7 Å². The monoisotopic (exact) mass is 514 g/mol. The Morgan fingerprint density at radius 3 is 2.34 bits per heavy atom. The van der Waals surface area contributed by atoms with Crippen molar-refractivity contribution in [3.05, 3.63) is 71.8 Å². The standard InChI is InChI=1S/C24H26N4O5S2/c1-3-25-23(31)19-14-20(17-9-5-4-6-10-17)34-24(19)27-22(30)15-26-21(29)13-16-8-7-11-18(12-16)28-35(2,32)33/h4-12,14,28H,3,13,15H2,1-2H3,(H,25,31)(H,26,29)(H,27,30). The van der Waals surface area contributed by atoms with Gasteiger partial charge in [-0.3, -0.25) is 19.1 Å². The first-order chi connectivity index (χ1) is 16.6. The van der Waals surface area contributed by atoms with Crippen molar-refractivity contribution in [2.75, 3.05) is 29.4 Å². The van der Waals surface area contributed by atoms with Gasteiger partial charge in [0.05, 0.1) is 24.8 Å². The molecule has 0 aliphatic heterocycles. The van der Waals surface area contributed by atoms with E-state index in [9.17, 15) is 22.8 Å². The molecule has 0 radical (unpaired) electrons. The van der Waals surface area contributed by atoms with Crippen LogP contribution in [0.5, 0.6) is 0 Å². The van der Waals surface area contributed by atoms with E-state index in [1.54, 1.807) is 30.3 Å². The minimum atomic E-state index is -3.43. The van der Waals surface area contributed by atoms with Gasteiger partial charge in [-0.05, 0) is 36.2 Å². The maximum absolute atomic E-state index is 12.5. The van der Waals surface area contributed by atoms with Crippen LogP contribution in [0.3, 0.4) is 0 Å². The van der Waals surface area contributed by atoms with Crippen molar-refractivity contribution in [2.24, 2.45) is 0 Å². The van der Waals surface area contributed by atoms with Crippen LogP contribution in [0, 0.1) is 0 Å². The number of amides is 3. The van der Waals surface area contributed by atoms with Crippen LogP contribution in [0.2, 0.25) is 0 Å². The van der Waals surface area contributed by atoms with E-state index >= 15 is 0 Å². The molecule has 3 amide bonds. The zero-order valence-corrected chi connectivity index (χ0v) is 20.9. The maximum atomic E-state index is 12.5. The molecule has 0 atom stereocenters. The smallest absolute Gasteiger partial charge is 0.254 e. The minimum absolute atomic E-state index is 0.0339. The summed E-state index contributed by atoms with van der Waals surface area (Å²) >= 11 is 1.28. The van der Waals surface area contributed by atoms with Gasteiger partial charge in [-0.15, -0.1) is 11.3 Å². The number of thiophene rings is 1. The van der Waals surface area contributed by atoms with Gasteiger partial charge in [0, 0.05) is 17.1 Å². The fourth-order valence-corrected chi connectivity index (χ4v) is 4.84. The Kier molecular flexibility index (Phi) is 8.61. The molecule has 1 aromatic heterocycles. The number of carbonyl (C=O) groups excluding carboxylic acids is 3. The highest BCUT2D eigenvalue weighted by Crippen LogP contribution is 2.35. The summed E-state index contributed by atoms with van der Waals surface area (Å²) in [5, 5.41) is 8.40. The minimum Gasteiger partial charge on any atom is -0.352 e. The molecule has 0 aliphatic carbocycles. The first-order valence-electron chi connectivity index (χ1n) is 10.8. The molecule has 0 aliphatic rings. The highest BCUT2D eigenvalue weighted by atomic mass is 32.2. The van der Waals surface area contributed by atoms with Gasteiger partial charge in [0.15, 0.2) is 0 Å². The SMILES string of the molecule is CCNC(=O)c1cc(-c2ccccc2)sc1NC(=O)CNC(=O)Cc1cccc(NS(C)(=O)=O)c1. The van der Waals surface area contributed by atoms with Gasteiger partial charge in [0.2, 0.25) is 21.8 Å². The molecule has 184 valence electrons. The third-order valence-corrected chi connectivity index (χ3v) is 6.37. The van der Waals surface area contributed by atoms with Gasteiger partial charge >= 0.3 is 0 Å². The van der Waals surface area contributed by atoms with Crippen LogP contribution in [0.4, 0.5) is 10.7 Å². The van der Waals surface area contributed by atoms with Crippen LogP contribution in [0.1, 0.15) is 22.8 Å². The van der Waals surface area contributed by atoms with Gasteiger partial charge in [0.1, 0.15) is 5.00 Å². The molecule has 0 saturated heterocycles. The topological polar surface area (TPSA) is 133 Å². The van der Waals surface area contributed by atoms with E-state index in [0.717, 1.165) is 16.7 Å². The molecule has 3 aromatic rings. The van der Waals surface area contributed by atoms with Crippen molar-refractivity contribution in [3.63, 3.8) is 0 Å².